The lowest BCUT2D eigenvalue weighted by Crippen LogP contribution is -2.13. The van der Waals surface area contributed by atoms with Gasteiger partial charge in [0.05, 0.1) is 12.4 Å². The first-order chi connectivity index (χ1) is 13.9. The predicted octanol–water partition coefficient (Wildman–Crippen LogP) is 4.78. The van der Waals surface area contributed by atoms with Gasteiger partial charge in [0.25, 0.3) is 0 Å². The molecule has 10 heteroatoms. The molecule has 1 aromatic carbocycles. The van der Waals surface area contributed by atoms with Gasteiger partial charge in [-0.05, 0) is 36.2 Å². The normalized spacial score (nSPS) is 14.2. The number of halogens is 3. The van der Waals surface area contributed by atoms with E-state index in [0.717, 1.165) is 40.0 Å². The number of hydrogen-bond acceptors (Lipinski definition) is 6. The average molecular weight is 418 g/mol. The molecule has 3 heterocycles. The standard InChI is InChI=1S/C19H17F3N6S/c1-12-6-13(15-9-28(11-29-15)10-17-23-4-5-24-17)8-14(7-12)26-18-25-3-2-16(27-18)19(20,21)22/h2-9H,10-11H2,1H3,(H,23,24)(H,25,26,27). The summed E-state index contributed by atoms with van der Waals surface area (Å²) < 4.78 is 38.6. The lowest BCUT2D eigenvalue weighted by molar-refractivity contribution is -0.141. The minimum absolute atomic E-state index is 0.0936. The van der Waals surface area contributed by atoms with E-state index in [1.54, 1.807) is 24.2 Å². The maximum Gasteiger partial charge on any atom is 0.433 e. The molecule has 3 aromatic rings. The molecule has 1 aliphatic heterocycles. The maximum atomic E-state index is 12.9. The zero-order valence-corrected chi connectivity index (χ0v) is 16.2. The Morgan fingerprint density at radius 3 is 2.83 bits per heavy atom. The summed E-state index contributed by atoms with van der Waals surface area (Å²) in [4.78, 5) is 18.0. The molecule has 1 aliphatic rings. The van der Waals surface area contributed by atoms with Gasteiger partial charge in [0.2, 0.25) is 5.95 Å². The van der Waals surface area contributed by atoms with E-state index in [-0.39, 0.29) is 5.95 Å². The summed E-state index contributed by atoms with van der Waals surface area (Å²) in [6.45, 7) is 2.61. The molecule has 0 fully saturated rings. The van der Waals surface area contributed by atoms with Gasteiger partial charge in [0.15, 0.2) is 0 Å². The Labute approximate surface area is 169 Å². The molecule has 150 valence electrons. The van der Waals surface area contributed by atoms with Crippen LogP contribution < -0.4 is 5.32 Å². The SMILES string of the molecule is Cc1cc(Nc2nccc(C(F)(F)F)n2)cc(C2=CN(Cc3ncc[nH]3)CS2)c1. The first-order valence-corrected chi connectivity index (χ1v) is 9.72. The topological polar surface area (TPSA) is 69.7 Å². The van der Waals surface area contributed by atoms with Crippen LogP contribution in [-0.4, -0.2) is 30.7 Å². The van der Waals surface area contributed by atoms with Gasteiger partial charge < -0.3 is 15.2 Å². The van der Waals surface area contributed by atoms with Crippen LogP contribution in [-0.2, 0) is 12.7 Å². The zero-order valence-electron chi connectivity index (χ0n) is 15.4. The highest BCUT2D eigenvalue weighted by Crippen LogP contribution is 2.36. The van der Waals surface area contributed by atoms with E-state index in [0.29, 0.717) is 12.2 Å². The van der Waals surface area contributed by atoms with Crippen LogP contribution in [0.5, 0.6) is 0 Å². The fourth-order valence-corrected chi connectivity index (χ4v) is 3.90. The summed E-state index contributed by atoms with van der Waals surface area (Å²) in [5.74, 6) is 1.59. The van der Waals surface area contributed by atoms with Crippen LogP contribution in [0, 0.1) is 6.92 Å². The van der Waals surface area contributed by atoms with E-state index in [9.17, 15) is 13.2 Å². The number of hydrogen-bond donors (Lipinski definition) is 2. The van der Waals surface area contributed by atoms with Gasteiger partial charge in [0, 0.05) is 35.4 Å². The number of imidazole rings is 1. The van der Waals surface area contributed by atoms with E-state index < -0.39 is 11.9 Å². The van der Waals surface area contributed by atoms with Gasteiger partial charge in [-0.2, -0.15) is 13.2 Å². The molecule has 2 aromatic heterocycles. The van der Waals surface area contributed by atoms with Crippen molar-refractivity contribution in [1.29, 1.82) is 0 Å². The molecular formula is C19H17F3N6S. The monoisotopic (exact) mass is 418 g/mol. The van der Waals surface area contributed by atoms with Gasteiger partial charge in [-0.3, -0.25) is 0 Å². The van der Waals surface area contributed by atoms with Gasteiger partial charge in [-0.15, -0.1) is 11.8 Å². The summed E-state index contributed by atoms with van der Waals surface area (Å²) in [6, 6.07) is 6.60. The molecule has 0 unspecified atom stereocenters. The number of rotatable bonds is 5. The molecule has 29 heavy (non-hydrogen) atoms. The Kier molecular flexibility index (Phi) is 5.18. The quantitative estimate of drug-likeness (QED) is 0.622. The number of benzene rings is 1. The predicted molar refractivity (Wildman–Crippen MR) is 106 cm³/mol. The smallest absolute Gasteiger partial charge is 0.359 e. The Morgan fingerprint density at radius 2 is 2.07 bits per heavy atom. The number of thioether (sulfide) groups is 1. The number of H-pyrrole nitrogens is 1. The lowest BCUT2D eigenvalue weighted by atomic mass is 10.1. The highest BCUT2D eigenvalue weighted by atomic mass is 32.2. The van der Waals surface area contributed by atoms with Crippen LogP contribution in [0.4, 0.5) is 24.8 Å². The fraction of sp³-hybridized carbons (Fsp3) is 0.211. The van der Waals surface area contributed by atoms with Gasteiger partial charge in [-0.1, -0.05) is 6.07 Å². The van der Waals surface area contributed by atoms with Crippen LogP contribution in [0.15, 0.2) is 49.1 Å². The van der Waals surface area contributed by atoms with E-state index in [1.807, 2.05) is 25.1 Å². The second kappa shape index (κ2) is 7.78. The van der Waals surface area contributed by atoms with Crippen LogP contribution in [0.3, 0.4) is 0 Å². The molecule has 0 amide bonds. The zero-order chi connectivity index (χ0) is 20.4. The molecule has 0 bridgehead atoms. The highest BCUT2D eigenvalue weighted by Gasteiger charge is 2.32. The Balaban J connectivity index is 1.54. The molecular weight excluding hydrogens is 401 g/mol. The first kappa shape index (κ1) is 19.3. The fourth-order valence-electron chi connectivity index (χ4n) is 2.92. The number of aryl methyl sites for hydroxylation is 1. The van der Waals surface area contributed by atoms with Crippen molar-refractivity contribution >= 4 is 28.3 Å². The van der Waals surface area contributed by atoms with Crippen molar-refractivity contribution in [3.05, 3.63) is 71.7 Å². The van der Waals surface area contributed by atoms with Crippen molar-refractivity contribution in [2.75, 3.05) is 11.2 Å². The molecule has 0 saturated carbocycles. The van der Waals surface area contributed by atoms with Crippen molar-refractivity contribution in [3.63, 3.8) is 0 Å². The van der Waals surface area contributed by atoms with Crippen LogP contribution in [0.1, 0.15) is 22.6 Å². The van der Waals surface area contributed by atoms with Gasteiger partial charge in [-0.25, -0.2) is 15.0 Å². The van der Waals surface area contributed by atoms with Crippen molar-refractivity contribution in [1.82, 2.24) is 24.8 Å². The summed E-state index contributed by atoms with van der Waals surface area (Å²) in [5.41, 5.74) is 1.60. The molecule has 4 rings (SSSR count). The molecule has 0 aliphatic carbocycles. The summed E-state index contributed by atoms with van der Waals surface area (Å²) in [5, 5.41) is 2.88. The molecule has 0 spiro atoms. The number of aromatic nitrogens is 4. The second-order valence-corrected chi connectivity index (χ2v) is 7.51. The van der Waals surface area contributed by atoms with E-state index in [4.69, 9.17) is 0 Å². The average Bonchev–Trinajstić information content (AvgIpc) is 3.33. The summed E-state index contributed by atoms with van der Waals surface area (Å²) in [7, 11) is 0. The Morgan fingerprint density at radius 1 is 1.21 bits per heavy atom. The Bertz CT molecular complexity index is 1030. The van der Waals surface area contributed by atoms with Crippen LogP contribution in [0.2, 0.25) is 0 Å². The van der Waals surface area contributed by atoms with Gasteiger partial charge in [0.1, 0.15) is 11.5 Å². The number of nitrogens with one attached hydrogen (secondary N) is 2. The van der Waals surface area contributed by atoms with Crippen molar-refractivity contribution < 1.29 is 13.2 Å². The molecule has 2 N–H and O–H groups in total. The van der Waals surface area contributed by atoms with Crippen molar-refractivity contribution in [2.45, 2.75) is 19.6 Å². The maximum absolute atomic E-state index is 12.9. The van der Waals surface area contributed by atoms with Crippen molar-refractivity contribution in [3.8, 4) is 0 Å². The number of nitrogens with zero attached hydrogens (tertiary/aromatic N) is 4. The largest absolute Gasteiger partial charge is 0.433 e. The van der Waals surface area contributed by atoms with E-state index >= 15 is 0 Å². The second-order valence-electron chi connectivity index (χ2n) is 6.53. The van der Waals surface area contributed by atoms with Gasteiger partial charge >= 0.3 is 6.18 Å². The van der Waals surface area contributed by atoms with E-state index in [2.05, 4.69) is 36.4 Å². The van der Waals surface area contributed by atoms with E-state index in [1.165, 1.54) is 0 Å². The number of alkyl halides is 3. The minimum atomic E-state index is -4.51. The molecule has 6 nitrogen and oxygen atoms in total. The number of anilines is 2. The third kappa shape index (κ3) is 4.70. The Hall–Kier alpha value is -3.01. The molecule has 0 radical (unpaired) electrons. The minimum Gasteiger partial charge on any atom is -0.359 e. The van der Waals surface area contributed by atoms with Crippen LogP contribution >= 0.6 is 11.8 Å². The third-order valence-electron chi connectivity index (χ3n) is 4.16. The lowest BCUT2D eigenvalue weighted by Gasteiger charge is -2.11. The highest BCUT2D eigenvalue weighted by molar-refractivity contribution is 8.08. The molecule has 0 atom stereocenters. The summed E-state index contributed by atoms with van der Waals surface area (Å²) in [6.07, 6.45) is 2.15. The number of aromatic amines is 1. The first-order valence-electron chi connectivity index (χ1n) is 8.73. The summed E-state index contributed by atoms with van der Waals surface area (Å²) >= 11 is 1.69. The molecule has 0 saturated heterocycles. The third-order valence-corrected chi connectivity index (χ3v) is 5.27. The van der Waals surface area contributed by atoms with Crippen LogP contribution in [0.25, 0.3) is 4.91 Å². The van der Waals surface area contributed by atoms with Crippen molar-refractivity contribution in [2.24, 2.45) is 0 Å².